The summed E-state index contributed by atoms with van der Waals surface area (Å²) < 4.78 is 71.1. The number of halogens is 3. The molecule has 0 spiro atoms. The van der Waals surface area contributed by atoms with Crippen molar-refractivity contribution in [3.63, 3.8) is 0 Å². The first-order chi connectivity index (χ1) is 15.0. The molecule has 1 fully saturated rings. The second-order valence-corrected chi connectivity index (χ2v) is 9.34. The van der Waals surface area contributed by atoms with E-state index >= 15 is 0 Å². The Morgan fingerprint density at radius 2 is 1.75 bits per heavy atom. The van der Waals surface area contributed by atoms with Crippen molar-refractivity contribution in [3.8, 4) is 0 Å². The fourth-order valence-electron chi connectivity index (χ4n) is 3.18. The largest absolute Gasteiger partial charge is 0.418 e. The van der Waals surface area contributed by atoms with Gasteiger partial charge in [0.1, 0.15) is 0 Å². The molecule has 0 aliphatic carbocycles. The molecule has 0 saturated carbocycles. The fourth-order valence-corrected chi connectivity index (χ4v) is 4.11. The average Bonchev–Trinajstić information content (AvgIpc) is 2.77. The molecule has 0 unspecified atom stereocenters. The molecule has 0 radical (unpaired) electrons. The highest BCUT2D eigenvalue weighted by Gasteiger charge is 2.33. The van der Waals surface area contributed by atoms with Gasteiger partial charge in [-0.1, -0.05) is 12.1 Å². The van der Waals surface area contributed by atoms with Crippen LogP contribution >= 0.6 is 0 Å². The van der Waals surface area contributed by atoms with Crippen LogP contribution in [0.5, 0.6) is 0 Å². The average molecular weight is 472 g/mol. The van der Waals surface area contributed by atoms with E-state index in [4.69, 9.17) is 4.74 Å². The van der Waals surface area contributed by atoms with Crippen molar-refractivity contribution in [2.24, 2.45) is 0 Å². The number of hydrogen-bond acceptors (Lipinski definition) is 6. The van der Waals surface area contributed by atoms with E-state index in [9.17, 15) is 26.4 Å². The summed E-state index contributed by atoms with van der Waals surface area (Å²) in [6, 6.07) is 8.82. The van der Waals surface area contributed by atoms with Gasteiger partial charge >= 0.3 is 6.18 Å². The molecule has 1 aliphatic rings. The maximum Gasteiger partial charge on any atom is 0.418 e. The fraction of sp³-hybridized carbons (Fsp3) is 0.350. The third-order valence-electron chi connectivity index (χ3n) is 4.89. The van der Waals surface area contributed by atoms with Crippen LogP contribution in [0.4, 0.5) is 24.5 Å². The molecular formula is C20H23F3N4O4S. The van der Waals surface area contributed by atoms with Crippen molar-refractivity contribution in [1.82, 2.24) is 9.73 Å². The summed E-state index contributed by atoms with van der Waals surface area (Å²) in [6.07, 6.45) is -4.62. The maximum atomic E-state index is 13.2. The summed E-state index contributed by atoms with van der Waals surface area (Å²) in [5.41, 5.74) is 3.74. The van der Waals surface area contributed by atoms with E-state index in [0.29, 0.717) is 32.0 Å². The zero-order chi connectivity index (χ0) is 23.5. The first-order valence-corrected chi connectivity index (χ1v) is 11.1. The lowest BCUT2D eigenvalue weighted by molar-refractivity contribution is -0.137. The van der Waals surface area contributed by atoms with E-state index in [1.165, 1.54) is 50.5 Å². The van der Waals surface area contributed by atoms with Crippen LogP contribution in [-0.2, 0) is 20.9 Å². The Labute approximate surface area is 184 Å². The van der Waals surface area contributed by atoms with Crippen molar-refractivity contribution in [3.05, 3.63) is 53.6 Å². The second-order valence-electron chi connectivity index (χ2n) is 7.19. The zero-order valence-corrected chi connectivity index (χ0v) is 18.3. The minimum absolute atomic E-state index is 0.00631. The summed E-state index contributed by atoms with van der Waals surface area (Å²) in [5, 5.41) is 0. The Morgan fingerprint density at radius 3 is 2.38 bits per heavy atom. The van der Waals surface area contributed by atoms with Crippen LogP contribution in [0.25, 0.3) is 0 Å². The number of ether oxygens (including phenoxy) is 1. The van der Waals surface area contributed by atoms with Crippen molar-refractivity contribution in [2.45, 2.75) is 11.1 Å². The van der Waals surface area contributed by atoms with Gasteiger partial charge in [0.25, 0.3) is 5.91 Å². The molecule has 2 aromatic rings. The van der Waals surface area contributed by atoms with Gasteiger partial charge in [0, 0.05) is 32.9 Å². The number of carbonyl (C=O) groups is 1. The van der Waals surface area contributed by atoms with Crippen LogP contribution < -0.4 is 15.8 Å². The molecule has 174 valence electrons. The van der Waals surface area contributed by atoms with Gasteiger partial charge in [0.2, 0.25) is 10.0 Å². The molecule has 1 saturated heterocycles. The third-order valence-corrected chi connectivity index (χ3v) is 6.70. The van der Waals surface area contributed by atoms with Crippen LogP contribution in [0.1, 0.15) is 15.9 Å². The number of para-hydroxylation sites is 1. The first kappa shape index (κ1) is 23.8. The maximum absolute atomic E-state index is 13.2. The van der Waals surface area contributed by atoms with Crippen LogP contribution in [0, 0.1) is 0 Å². The Bertz CT molecular complexity index is 1080. The molecule has 2 aromatic carbocycles. The summed E-state index contributed by atoms with van der Waals surface area (Å²) >= 11 is 0. The molecule has 12 heteroatoms. The van der Waals surface area contributed by atoms with Gasteiger partial charge < -0.3 is 9.64 Å². The highest BCUT2D eigenvalue weighted by molar-refractivity contribution is 7.89. The molecule has 2 N–H and O–H groups in total. The molecule has 0 bridgehead atoms. The first-order valence-electron chi connectivity index (χ1n) is 9.63. The predicted molar refractivity (Wildman–Crippen MR) is 113 cm³/mol. The minimum Gasteiger partial charge on any atom is -0.378 e. The number of amides is 1. The molecular weight excluding hydrogens is 449 g/mol. The smallest absolute Gasteiger partial charge is 0.378 e. The van der Waals surface area contributed by atoms with Crippen LogP contribution in [0.15, 0.2) is 47.4 Å². The lowest BCUT2D eigenvalue weighted by atomic mass is 10.1. The van der Waals surface area contributed by atoms with Gasteiger partial charge in [-0.15, -0.1) is 0 Å². The Morgan fingerprint density at radius 1 is 1.09 bits per heavy atom. The van der Waals surface area contributed by atoms with Gasteiger partial charge in [0.05, 0.1) is 34.9 Å². The summed E-state index contributed by atoms with van der Waals surface area (Å²) in [5.74, 6) is -0.778. The Hall–Kier alpha value is -2.83. The number of benzene rings is 2. The number of nitrogens with zero attached hydrogens (tertiary/aromatic N) is 2. The van der Waals surface area contributed by atoms with E-state index in [0.717, 1.165) is 10.4 Å². The SMILES string of the molecule is CN(C)S(=O)(=O)c1ccc(N2CCOCC2)c(C(=O)NNc2ccccc2C(F)(F)F)c1. The Kier molecular flexibility index (Phi) is 6.96. The highest BCUT2D eigenvalue weighted by atomic mass is 32.2. The van der Waals surface area contributed by atoms with E-state index in [2.05, 4.69) is 10.9 Å². The van der Waals surface area contributed by atoms with Gasteiger partial charge in [-0.05, 0) is 30.3 Å². The lowest BCUT2D eigenvalue weighted by Gasteiger charge is -2.30. The number of hydrogen-bond donors (Lipinski definition) is 2. The molecule has 0 atom stereocenters. The van der Waals surface area contributed by atoms with Crippen LogP contribution in [0.2, 0.25) is 0 Å². The second kappa shape index (κ2) is 9.35. The number of hydrazine groups is 1. The number of rotatable bonds is 6. The van der Waals surface area contributed by atoms with Crippen LogP contribution in [-0.4, -0.2) is 59.0 Å². The number of anilines is 2. The van der Waals surface area contributed by atoms with Gasteiger partial charge in [0.15, 0.2) is 0 Å². The molecule has 1 amide bonds. The van der Waals surface area contributed by atoms with E-state index in [-0.39, 0.29) is 16.1 Å². The molecule has 1 aliphatic heterocycles. The van der Waals surface area contributed by atoms with Gasteiger partial charge in [-0.3, -0.25) is 15.6 Å². The van der Waals surface area contributed by atoms with Crippen molar-refractivity contribution in [2.75, 3.05) is 50.7 Å². The number of morpholine rings is 1. The summed E-state index contributed by atoms with van der Waals surface area (Å²) in [7, 11) is -1.11. The molecule has 0 aromatic heterocycles. The van der Waals surface area contributed by atoms with E-state index < -0.39 is 27.7 Å². The standard InChI is InChI=1S/C20H23F3N4O4S/c1-26(2)32(29,30)14-7-8-18(27-9-11-31-12-10-27)15(13-14)19(28)25-24-17-6-4-3-5-16(17)20(21,22)23/h3-8,13,24H,9-12H2,1-2H3,(H,25,28). The normalized spacial score (nSPS) is 15.0. The molecule has 3 rings (SSSR count). The van der Waals surface area contributed by atoms with E-state index in [1.54, 1.807) is 0 Å². The van der Waals surface area contributed by atoms with Crippen molar-refractivity contribution >= 4 is 27.3 Å². The number of alkyl halides is 3. The number of carbonyl (C=O) groups excluding carboxylic acids is 1. The molecule has 32 heavy (non-hydrogen) atoms. The molecule has 8 nitrogen and oxygen atoms in total. The van der Waals surface area contributed by atoms with Gasteiger partial charge in [-0.25, -0.2) is 12.7 Å². The van der Waals surface area contributed by atoms with E-state index in [1.807, 2.05) is 4.90 Å². The lowest BCUT2D eigenvalue weighted by Crippen LogP contribution is -2.38. The predicted octanol–water partition coefficient (Wildman–Crippen LogP) is 2.55. The minimum atomic E-state index is -4.62. The Balaban J connectivity index is 1.94. The summed E-state index contributed by atoms with van der Waals surface area (Å²) in [6.45, 7) is 1.81. The zero-order valence-electron chi connectivity index (χ0n) is 17.4. The van der Waals surface area contributed by atoms with Crippen molar-refractivity contribution < 1.29 is 31.1 Å². The number of nitrogens with one attached hydrogen (secondary N) is 2. The van der Waals surface area contributed by atoms with Crippen molar-refractivity contribution in [1.29, 1.82) is 0 Å². The third kappa shape index (κ3) is 5.14. The van der Waals surface area contributed by atoms with Gasteiger partial charge in [-0.2, -0.15) is 13.2 Å². The highest BCUT2D eigenvalue weighted by Crippen LogP contribution is 2.34. The topological polar surface area (TPSA) is 91.0 Å². The number of sulfonamides is 1. The summed E-state index contributed by atoms with van der Waals surface area (Å²) in [4.78, 5) is 14.7. The molecule has 1 heterocycles. The van der Waals surface area contributed by atoms with Crippen LogP contribution in [0.3, 0.4) is 0 Å². The quantitative estimate of drug-likeness (QED) is 0.628. The monoisotopic (exact) mass is 472 g/mol.